The Hall–Kier alpha value is -1.57. The van der Waals surface area contributed by atoms with E-state index >= 15 is 4.39 Å². The molecule has 5 rings (SSSR count). The third-order valence-corrected chi connectivity index (χ3v) is 9.48. The Morgan fingerprint density at radius 2 is 1.94 bits per heavy atom. The smallest absolute Gasteiger partial charge is 0.343 e. The molecule has 3 saturated carbocycles. The minimum Gasteiger partial charge on any atom is -0.406 e. The molecule has 1 unspecified atom stereocenters. The number of alkyl halides is 1. The number of aliphatic hydroxyl groups is 1. The topological polar surface area (TPSA) is 82.1 Å². The highest BCUT2D eigenvalue weighted by molar-refractivity contribution is 6.01. The highest BCUT2D eigenvalue weighted by Gasteiger charge is 2.79. The van der Waals surface area contributed by atoms with Crippen molar-refractivity contribution in [3.63, 3.8) is 0 Å². The van der Waals surface area contributed by atoms with Gasteiger partial charge < -0.3 is 14.6 Å². The van der Waals surface area contributed by atoms with Crippen LogP contribution in [0, 0.1) is 28.6 Å². The Morgan fingerprint density at radius 3 is 2.58 bits per heavy atom. The maximum atomic E-state index is 17.1. The number of rotatable bonds is 1. The summed E-state index contributed by atoms with van der Waals surface area (Å²) in [7, 11) is 1.42. The van der Waals surface area contributed by atoms with E-state index in [-0.39, 0.29) is 24.0 Å². The molecule has 4 aliphatic carbocycles. The number of fused-ring (bicyclic) bond motifs is 6. The number of ether oxygens (including phenoxy) is 3. The van der Waals surface area contributed by atoms with E-state index in [1.54, 1.807) is 19.9 Å². The zero-order valence-corrected chi connectivity index (χ0v) is 18.7. The number of hydrogen-bond acceptors (Lipinski definition) is 6. The highest BCUT2D eigenvalue weighted by Crippen LogP contribution is 2.72. The van der Waals surface area contributed by atoms with E-state index in [0.717, 1.165) is 5.57 Å². The van der Waals surface area contributed by atoms with Crippen molar-refractivity contribution in [1.82, 2.24) is 0 Å². The summed E-state index contributed by atoms with van der Waals surface area (Å²) in [5.74, 6) is -3.03. The van der Waals surface area contributed by atoms with Crippen LogP contribution >= 0.6 is 0 Å². The molecule has 0 aromatic rings. The van der Waals surface area contributed by atoms with Crippen LogP contribution in [-0.2, 0) is 23.8 Å². The van der Waals surface area contributed by atoms with E-state index in [1.807, 2.05) is 13.8 Å². The van der Waals surface area contributed by atoms with Gasteiger partial charge in [-0.25, -0.2) is 9.18 Å². The molecule has 5 aliphatic rings. The number of methoxy groups -OCH3 is 1. The van der Waals surface area contributed by atoms with Crippen LogP contribution in [0.25, 0.3) is 0 Å². The summed E-state index contributed by atoms with van der Waals surface area (Å²) in [4.78, 5) is 25.2. The molecule has 170 valence electrons. The van der Waals surface area contributed by atoms with Gasteiger partial charge >= 0.3 is 11.9 Å². The molecule has 0 bridgehead atoms. The molecular formula is C24H31FO6. The van der Waals surface area contributed by atoms with Gasteiger partial charge in [0.1, 0.15) is 0 Å². The summed E-state index contributed by atoms with van der Waals surface area (Å²) in [5, 5.41) is 11.4. The van der Waals surface area contributed by atoms with E-state index in [4.69, 9.17) is 14.2 Å². The van der Waals surface area contributed by atoms with Gasteiger partial charge in [0.15, 0.2) is 17.1 Å². The Morgan fingerprint density at radius 1 is 1.23 bits per heavy atom. The largest absolute Gasteiger partial charge is 0.406 e. The van der Waals surface area contributed by atoms with E-state index in [1.165, 1.54) is 19.3 Å². The fraction of sp³-hybridized carbons (Fsp3) is 0.750. The molecule has 1 saturated heterocycles. The van der Waals surface area contributed by atoms with Gasteiger partial charge in [-0.15, -0.1) is 0 Å². The van der Waals surface area contributed by atoms with Crippen molar-refractivity contribution < 1.29 is 33.3 Å². The lowest BCUT2D eigenvalue weighted by Crippen LogP contribution is -2.69. The van der Waals surface area contributed by atoms with Gasteiger partial charge in [0, 0.05) is 30.8 Å². The van der Waals surface area contributed by atoms with Gasteiger partial charge in [-0.3, -0.25) is 9.53 Å². The van der Waals surface area contributed by atoms with Gasteiger partial charge in [0.2, 0.25) is 0 Å². The number of carbonyl (C=O) groups is 2. The first kappa shape index (κ1) is 21.3. The minimum atomic E-state index is -1.93. The number of ketones is 1. The van der Waals surface area contributed by atoms with Crippen molar-refractivity contribution in [1.29, 1.82) is 0 Å². The lowest BCUT2D eigenvalue weighted by Gasteiger charge is -2.62. The lowest BCUT2D eigenvalue weighted by atomic mass is 9.45. The molecular weight excluding hydrogens is 403 g/mol. The van der Waals surface area contributed by atoms with Crippen molar-refractivity contribution in [3.8, 4) is 0 Å². The van der Waals surface area contributed by atoms with Gasteiger partial charge in [-0.2, -0.15) is 0 Å². The Labute approximate surface area is 181 Å². The minimum absolute atomic E-state index is 0.0640. The van der Waals surface area contributed by atoms with E-state index in [2.05, 4.69) is 0 Å². The van der Waals surface area contributed by atoms with Crippen molar-refractivity contribution in [3.05, 3.63) is 23.8 Å². The van der Waals surface area contributed by atoms with Crippen LogP contribution in [-0.4, -0.2) is 47.3 Å². The quantitative estimate of drug-likeness (QED) is 0.638. The number of cyclic esters (lactones) is 1. The first-order valence-electron chi connectivity index (χ1n) is 11.2. The fourth-order valence-corrected chi connectivity index (χ4v) is 7.87. The Kier molecular flexibility index (Phi) is 4.16. The molecule has 1 spiro atoms. The third-order valence-electron chi connectivity index (χ3n) is 9.48. The van der Waals surface area contributed by atoms with Crippen LogP contribution in [0.15, 0.2) is 23.8 Å². The number of hydrogen-bond donors (Lipinski definition) is 1. The van der Waals surface area contributed by atoms with Gasteiger partial charge in [0.05, 0.1) is 6.10 Å². The second kappa shape index (κ2) is 6.06. The lowest BCUT2D eigenvalue weighted by molar-refractivity contribution is -0.338. The molecule has 1 aliphatic heterocycles. The maximum absolute atomic E-state index is 17.1. The Balaban J connectivity index is 1.62. The SMILES string of the molecule is COC1(C)OC(=O)[C@@]2(O1)[C@@H](C)C[C@H]1[C@@H]3CCC4=CC(=O)C=C[C@]4(C)[C@@]3(F)[C@@H](O)C[C@@]12C. The first-order valence-corrected chi connectivity index (χ1v) is 11.2. The summed E-state index contributed by atoms with van der Waals surface area (Å²) < 4.78 is 34.2. The predicted octanol–water partition coefficient (Wildman–Crippen LogP) is 3.24. The standard InChI is InChI=1S/C24H31FO6/c1-13-10-17-16-7-6-14-11-15(26)8-9-20(14,2)23(16,25)18(27)12-21(17,3)24(13)19(28)30-22(4,29-5)31-24/h8-9,11,13,16-18,27H,6-7,10,12H2,1-5H3/t13-,16-,17-,18-,20-,21-,22?,23-,24-/m0/s1. The molecule has 0 amide bonds. The van der Waals surface area contributed by atoms with Crippen LogP contribution in [0.4, 0.5) is 4.39 Å². The maximum Gasteiger partial charge on any atom is 0.343 e. The van der Waals surface area contributed by atoms with Crippen molar-refractivity contribution >= 4 is 11.8 Å². The fourth-order valence-electron chi connectivity index (χ4n) is 7.87. The number of allylic oxidation sites excluding steroid dienone is 4. The first-order chi connectivity index (χ1) is 14.4. The molecule has 1 N–H and O–H groups in total. The monoisotopic (exact) mass is 434 g/mol. The van der Waals surface area contributed by atoms with Crippen LogP contribution in [0.3, 0.4) is 0 Å². The van der Waals surface area contributed by atoms with E-state index in [9.17, 15) is 14.7 Å². The number of carbonyl (C=O) groups excluding carboxylic acids is 2. The van der Waals surface area contributed by atoms with Crippen molar-refractivity contribution in [2.45, 2.75) is 76.7 Å². The molecule has 6 nitrogen and oxygen atoms in total. The van der Waals surface area contributed by atoms with Crippen LogP contribution in [0.5, 0.6) is 0 Å². The van der Waals surface area contributed by atoms with Gasteiger partial charge in [-0.1, -0.05) is 25.5 Å². The summed E-state index contributed by atoms with van der Waals surface area (Å²) in [6.45, 7) is 7.22. The molecule has 0 aromatic heterocycles. The molecule has 9 atom stereocenters. The average molecular weight is 435 g/mol. The number of esters is 1. The van der Waals surface area contributed by atoms with E-state index < -0.39 is 46.1 Å². The average Bonchev–Trinajstić information content (AvgIpc) is 3.10. The zero-order valence-electron chi connectivity index (χ0n) is 18.7. The molecule has 0 radical (unpaired) electrons. The summed E-state index contributed by atoms with van der Waals surface area (Å²) in [6, 6.07) is 0. The summed E-state index contributed by atoms with van der Waals surface area (Å²) in [5.41, 5.74) is -4.37. The molecule has 0 aromatic carbocycles. The van der Waals surface area contributed by atoms with E-state index in [0.29, 0.717) is 19.3 Å². The Bertz CT molecular complexity index is 929. The van der Waals surface area contributed by atoms with Crippen LogP contribution in [0.2, 0.25) is 0 Å². The molecule has 1 heterocycles. The normalized spacial score (nSPS) is 55.5. The second-order valence-electron chi connectivity index (χ2n) is 10.7. The third kappa shape index (κ3) is 2.23. The molecule has 7 heteroatoms. The highest BCUT2D eigenvalue weighted by atomic mass is 19.1. The van der Waals surface area contributed by atoms with Crippen LogP contribution in [0.1, 0.15) is 53.4 Å². The van der Waals surface area contributed by atoms with Gasteiger partial charge in [-0.05, 0) is 56.6 Å². The van der Waals surface area contributed by atoms with Gasteiger partial charge in [0.25, 0.3) is 0 Å². The van der Waals surface area contributed by atoms with Crippen LogP contribution < -0.4 is 0 Å². The zero-order chi connectivity index (χ0) is 22.6. The molecule has 31 heavy (non-hydrogen) atoms. The van der Waals surface area contributed by atoms with Crippen molar-refractivity contribution in [2.75, 3.05) is 7.11 Å². The number of aliphatic hydroxyl groups excluding tert-OH is 1. The summed E-state index contributed by atoms with van der Waals surface area (Å²) >= 11 is 0. The predicted molar refractivity (Wildman–Crippen MR) is 108 cm³/mol. The summed E-state index contributed by atoms with van der Waals surface area (Å²) in [6.07, 6.45) is 5.01. The van der Waals surface area contributed by atoms with Crippen molar-refractivity contribution in [2.24, 2.45) is 28.6 Å². The second-order valence-corrected chi connectivity index (χ2v) is 10.7. The number of halogens is 1. The molecule has 4 fully saturated rings.